The van der Waals surface area contributed by atoms with E-state index in [1.165, 1.54) is 32.1 Å². The number of benzene rings is 1. The Balaban J connectivity index is 1.70. The molecule has 0 spiro atoms. The molecule has 1 aromatic carbocycles. The highest BCUT2D eigenvalue weighted by molar-refractivity contribution is 5.82. The molecule has 0 radical (unpaired) electrons. The lowest BCUT2D eigenvalue weighted by Gasteiger charge is -2.20. The second-order valence-electron chi connectivity index (χ2n) is 6.32. The van der Waals surface area contributed by atoms with Crippen molar-refractivity contribution in [1.82, 2.24) is 5.43 Å². The van der Waals surface area contributed by atoms with Crippen molar-refractivity contribution in [3.05, 3.63) is 29.8 Å². The molecule has 4 nitrogen and oxygen atoms in total. The van der Waals surface area contributed by atoms with E-state index < -0.39 is 0 Å². The van der Waals surface area contributed by atoms with E-state index in [0.717, 1.165) is 23.6 Å². The van der Waals surface area contributed by atoms with Crippen molar-refractivity contribution in [3.8, 4) is 0 Å². The van der Waals surface area contributed by atoms with Crippen molar-refractivity contribution in [1.29, 1.82) is 0 Å². The number of nitrogens with zero attached hydrogens (tertiary/aromatic N) is 2. The van der Waals surface area contributed by atoms with Gasteiger partial charge in [0.15, 0.2) is 0 Å². The van der Waals surface area contributed by atoms with Crippen molar-refractivity contribution in [2.75, 3.05) is 19.0 Å². The standard InChI is InChI=1S/C18H27N3O/c1-21(2)17-11-8-16(9-12-17)14-19-20-18(22)13-10-15-6-4-3-5-7-15/h8-9,11-12,14-15H,3-7,10,13H2,1-2H3,(H,20,22)/b19-14+. The molecule has 0 saturated heterocycles. The Hall–Kier alpha value is -1.84. The number of anilines is 1. The fourth-order valence-electron chi connectivity index (χ4n) is 2.90. The third-order valence-electron chi connectivity index (χ3n) is 4.32. The summed E-state index contributed by atoms with van der Waals surface area (Å²) >= 11 is 0. The van der Waals surface area contributed by atoms with Crippen LogP contribution in [0.4, 0.5) is 5.69 Å². The zero-order valence-electron chi connectivity index (χ0n) is 13.7. The second kappa shape index (κ2) is 8.57. The van der Waals surface area contributed by atoms with E-state index in [4.69, 9.17) is 0 Å². The van der Waals surface area contributed by atoms with Gasteiger partial charge in [-0.15, -0.1) is 0 Å². The van der Waals surface area contributed by atoms with Crippen molar-refractivity contribution >= 4 is 17.8 Å². The summed E-state index contributed by atoms with van der Waals surface area (Å²) < 4.78 is 0. The van der Waals surface area contributed by atoms with Gasteiger partial charge in [-0.05, 0) is 30.0 Å². The lowest BCUT2D eigenvalue weighted by atomic mass is 9.86. The van der Waals surface area contributed by atoms with E-state index >= 15 is 0 Å². The summed E-state index contributed by atoms with van der Waals surface area (Å²) in [5.41, 5.74) is 4.76. The Morgan fingerprint density at radius 1 is 1.23 bits per heavy atom. The van der Waals surface area contributed by atoms with Gasteiger partial charge in [0, 0.05) is 26.2 Å². The van der Waals surface area contributed by atoms with Gasteiger partial charge >= 0.3 is 0 Å². The molecule has 1 N–H and O–H groups in total. The molecule has 22 heavy (non-hydrogen) atoms. The summed E-state index contributed by atoms with van der Waals surface area (Å²) in [6.07, 6.45) is 9.86. The first-order chi connectivity index (χ1) is 10.6. The third kappa shape index (κ3) is 5.51. The summed E-state index contributed by atoms with van der Waals surface area (Å²) in [5, 5.41) is 4.04. The molecule has 1 fully saturated rings. The minimum atomic E-state index is 0.0201. The summed E-state index contributed by atoms with van der Waals surface area (Å²) in [4.78, 5) is 13.8. The Morgan fingerprint density at radius 3 is 2.55 bits per heavy atom. The number of hydrazone groups is 1. The molecule has 0 aromatic heterocycles. The van der Waals surface area contributed by atoms with Crippen LogP contribution in [-0.4, -0.2) is 26.2 Å². The maximum absolute atomic E-state index is 11.8. The first-order valence-electron chi connectivity index (χ1n) is 8.24. The van der Waals surface area contributed by atoms with Crippen LogP contribution in [0.1, 0.15) is 50.5 Å². The first-order valence-corrected chi connectivity index (χ1v) is 8.24. The van der Waals surface area contributed by atoms with Crippen molar-refractivity contribution < 1.29 is 4.79 Å². The number of nitrogens with one attached hydrogen (secondary N) is 1. The van der Waals surface area contributed by atoms with Crippen LogP contribution < -0.4 is 10.3 Å². The van der Waals surface area contributed by atoms with Gasteiger partial charge < -0.3 is 4.90 Å². The first kappa shape index (κ1) is 16.5. The lowest BCUT2D eigenvalue weighted by molar-refractivity contribution is -0.121. The average molecular weight is 301 g/mol. The fourth-order valence-corrected chi connectivity index (χ4v) is 2.90. The highest BCUT2D eigenvalue weighted by Crippen LogP contribution is 2.27. The predicted octanol–water partition coefficient (Wildman–Crippen LogP) is 3.56. The monoisotopic (exact) mass is 301 g/mol. The molecule has 1 aliphatic carbocycles. The van der Waals surface area contributed by atoms with Crippen LogP contribution in [0.15, 0.2) is 29.4 Å². The van der Waals surface area contributed by atoms with Gasteiger partial charge in [-0.1, -0.05) is 44.2 Å². The van der Waals surface area contributed by atoms with Gasteiger partial charge in [-0.3, -0.25) is 4.79 Å². The van der Waals surface area contributed by atoms with Gasteiger partial charge in [-0.25, -0.2) is 5.43 Å². The van der Waals surface area contributed by atoms with E-state index in [0.29, 0.717) is 6.42 Å². The van der Waals surface area contributed by atoms with Crippen LogP contribution in [0, 0.1) is 5.92 Å². The van der Waals surface area contributed by atoms with Crippen molar-refractivity contribution in [2.24, 2.45) is 11.0 Å². The zero-order chi connectivity index (χ0) is 15.8. The Morgan fingerprint density at radius 2 is 1.91 bits per heavy atom. The number of hydrogen-bond acceptors (Lipinski definition) is 3. The molecule has 0 heterocycles. The number of rotatable bonds is 6. The number of carbonyl (C=O) groups is 1. The highest BCUT2D eigenvalue weighted by atomic mass is 16.2. The largest absolute Gasteiger partial charge is 0.378 e. The maximum Gasteiger partial charge on any atom is 0.240 e. The molecule has 120 valence electrons. The van der Waals surface area contributed by atoms with Gasteiger partial charge in [0.05, 0.1) is 6.21 Å². The van der Waals surface area contributed by atoms with Crippen LogP contribution in [0.25, 0.3) is 0 Å². The number of amides is 1. The second-order valence-corrected chi connectivity index (χ2v) is 6.32. The number of carbonyl (C=O) groups excluding carboxylic acids is 1. The van der Waals surface area contributed by atoms with Crippen LogP contribution >= 0.6 is 0 Å². The van der Waals surface area contributed by atoms with E-state index in [-0.39, 0.29) is 5.91 Å². The fraction of sp³-hybridized carbons (Fsp3) is 0.556. The van der Waals surface area contributed by atoms with Gasteiger partial charge in [-0.2, -0.15) is 5.10 Å². The minimum Gasteiger partial charge on any atom is -0.378 e. The van der Waals surface area contributed by atoms with E-state index in [1.54, 1.807) is 6.21 Å². The Bertz CT molecular complexity index is 488. The van der Waals surface area contributed by atoms with Crippen LogP contribution in [0.5, 0.6) is 0 Å². The molecular formula is C18H27N3O. The van der Waals surface area contributed by atoms with Crippen molar-refractivity contribution in [2.45, 2.75) is 44.9 Å². The number of hydrogen-bond donors (Lipinski definition) is 1. The van der Waals surface area contributed by atoms with Crippen LogP contribution in [0.2, 0.25) is 0 Å². The molecular weight excluding hydrogens is 274 g/mol. The van der Waals surface area contributed by atoms with Crippen molar-refractivity contribution in [3.63, 3.8) is 0 Å². The third-order valence-corrected chi connectivity index (χ3v) is 4.32. The molecule has 0 unspecified atom stereocenters. The molecule has 1 aromatic rings. The molecule has 1 amide bonds. The van der Waals surface area contributed by atoms with Crippen LogP contribution in [-0.2, 0) is 4.79 Å². The van der Waals surface area contributed by atoms with Gasteiger partial charge in [0.25, 0.3) is 0 Å². The van der Waals surface area contributed by atoms with E-state index in [1.807, 2.05) is 43.3 Å². The molecule has 0 atom stereocenters. The molecule has 2 rings (SSSR count). The van der Waals surface area contributed by atoms with Gasteiger partial charge in [0.1, 0.15) is 0 Å². The molecule has 1 saturated carbocycles. The normalized spacial score (nSPS) is 15.9. The Labute approximate surface area is 133 Å². The summed E-state index contributed by atoms with van der Waals surface area (Å²) in [6, 6.07) is 8.05. The average Bonchev–Trinajstić information content (AvgIpc) is 2.54. The topological polar surface area (TPSA) is 44.7 Å². The summed E-state index contributed by atoms with van der Waals surface area (Å²) in [5.74, 6) is 0.758. The molecule has 1 aliphatic rings. The highest BCUT2D eigenvalue weighted by Gasteiger charge is 2.14. The summed E-state index contributed by atoms with van der Waals surface area (Å²) in [6.45, 7) is 0. The molecule has 4 heteroatoms. The Kier molecular flexibility index (Phi) is 6.44. The van der Waals surface area contributed by atoms with E-state index in [9.17, 15) is 4.79 Å². The smallest absolute Gasteiger partial charge is 0.240 e. The quantitative estimate of drug-likeness (QED) is 0.645. The van der Waals surface area contributed by atoms with E-state index in [2.05, 4.69) is 10.5 Å². The SMILES string of the molecule is CN(C)c1ccc(/C=N/NC(=O)CCC2CCCCC2)cc1. The maximum atomic E-state index is 11.8. The zero-order valence-corrected chi connectivity index (χ0v) is 13.7. The summed E-state index contributed by atoms with van der Waals surface area (Å²) in [7, 11) is 4.02. The lowest BCUT2D eigenvalue weighted by Crippen LogP contribution is -2.19. The predicted molar refractivity (Wildman–Crippen MR) is 92.3 cm³/mol. The van der Waals surface area contributed by atoms with Crippen LogP contribution in [0.3, 0.4) is 0 Å². The van der Waals surface area contributed by atoms with Gasteiger partial charge in [0.2, 0.25) is 5.91 Å². The minimum absolute atomic E-state index is 0.0201. The molecule has 0 bridgehead atoms. The molecule has 0 aliphatic heterocycles.